The van der Waals surface area contributed by atoms with E-state index in [1.165, 1.54) is 55.8 Å². The Balaban J connectivity index is 2.28. The summed E-state index contributed by atoms with van der Waals surface area (Å²) < 4.78 is 47.5. The van der Waals surface area contributed by atoms with E-state index in [1.807, 2.05) is 5.32 Å². The van der Waals surface area contributed by atoms with Gasteiger partial charge in [0.2, 0.25) is 5.66 Å². The Morgan fingerprint density at radius 2 is 1.92 bits per heavy atom. The number of nitrogens with zero attached hydrogens (tertiary/aromatic N) is 2. The first-order chi connectivity index (χ1) is 11.8. The van der Waals surface area contributed by atoms with E-state index < -0.39 is 17.7 Å². The fraction of sp³-hybridized carbons (Fsp3) is 0.176. The lowest BCUT2D eigenvalue weighted by molar-refractivity contribution is -0.237. The summed E-state index contributed by atoms with van der Waals surface area (Å²) in [7, 11) is 1.40. The number of alkyl halides is 3. The molecule has 1 amide bonds. The summed E-state index contributed by atoms with van der Waals surface area (Å²) in [5, 5.41) is 11.1. The quantitative estimate of drug-likeness (QED) is 0.893. The van der Waals surface area contributed by atoms with E-state index in [0.717, 1.165) is 4.90 Å². The molecular formula is C17H12F3N3O2. The molecule has 1 atom stereocenters. The van der Waals surface area contributed by atoms with Crippen LogP contribution in [0.25, 0.3) is 0 Å². The molecular weight excluding hydrogens is 335 g/mol. The smallest absolute Gasteiger partial charge is 0.435 e. The van der Waals surface area contributed by atoms with Gasteiger partial charge in [-0.25, -0.2) is 0 Å². The highest BCUT2D eigenvalue weighted by Crippen LogP contribution is 2.47. The number of hydrogen-bond donors (Lipinski definition) is 1. The van der Waals surface area contributed by atoms with Gasteiger partial charge in [-0.2, -0.15) is 18.4 Å². The highest BCUT2D eigenvalue weighted by molar-refractivity contribution is 6.00. The number of hydrogen-bond acceptors (Lipinski definition) is 4. The van der Waals surface area contributed by atoms with Crippen LogP contribution in [0.2, 0.25) is 0 Å². The minimum absolute atomic E-state index is 0.109. The minimum Gasteiger partial charge on any atom is -0.497 e. The summed E-state index contributed by atoms with van der Waals surface area (Å²) in [6.45, 7) is 0. The largest absolute Gasteiger partial charge is 0.497 e. The molecule has 0 aliphatic carbocycles. The topological polar surface area (TPSA) is 65.4 Å². The molecule has 0 radical (unpaired) electrons. The van der Waals surface area contributed by atoms with Gasteiger partial charge in [0, 0.05) is 11.8 Å². The number of amides is 1. The number of halogens is 3. The maximum absolute atomic E-state index is 14.2. The zero-order valence-electron chi connectivity index (χ0n) is 13.0. The van der Waals surface area contributed by atoms with Gasteiger partial charge in [0.15, 0.2) is 0 Å². The lowest BCUT2D eigenvalue weighted by Gasteiger charge is -2.48. The first kappa shape index (κ1) is 16.6. The van der Waals surface area contributed by atoms with Crippen molar-refractivity contribution < 1.29 is 22.7 Å². The van der Waals surface area contributed by atoms with Crippen LogP contribution in [0.15, 0.2) is 60.0 Å². The van der Waals surface area contributed by atoms with Crippen molar-refractivity contribution in [1.29, 1.82) is 5.26 Å². The normalized spacial score (nSPS) is 22.4. The van der Waals surface area contributed by atoms with Gasteiger partial charge in [0.1, 0.15) is 17.4 Å². The summed E-state index contributed by atoms with van der Waals surface area (Å²) in [5.41, 5.74) is -3.52. The van der Waals surface area contributed by atoms with Crippen LogP contribution in [-0.2, 0) is 10.5 Å². The highest BCUT2D eigenvalue weighted by Gasteiger charge is 2.63. The van der Waals surface area contributed by atoms with Crippen LogP contribution < -0.4 is 10.1 Å². The molecule has 0 unspecified atom stereocenters. The van der Waals surface area contributed by atoms with Crippen LogP contribution >= 0.6 is 0 Å². The van der Waals surface area contributed by atoms with Crippen LogP contribution in [-0.4, -0.2) is 24.1 Å². The van der Waals surface area contributed by atoms with Crippen molar-refractivity contribution in [3.05, 3.63) is 65.5 Å². The average Bonchev–Trinajstić information content (AvgIpc) is 2.60. The fourth-order valence-corrected chi connectivity index (χ4v) is 2.87. The van der Waals surface area contributed by atoms with Gasteiger partial charge < -0.3 is 15.0 Å². The minimum atomic E-state index is -4.86. The van der Waals surface area contributed by atoms with E-state index in [2.05, 4.69) is 0 Å². The molecule has 5 nitrogen and oxygen atoms in total. The highest BCUT2D eigenvalue weighted by atomic mass is 19.4. The number of carbonyl (C=O) groups excluding carboxylic acids is 1. The molecule has 0 saturated heterocycles. The standard InChI is InChI=1S/C17H12F3N3O2/c1-25-12-7-5-11(6-8-12)16(17(18,19)20)22-15(24)13(10-21)14-4-2-3-9-23(14)16/h2-9H,1H3,(H,22,24)/t16-/m1/s1. The monoisotopic (exact) mass is 347 g/mol. The Hall–Kier alpha value is -3.21. The predicted molar refractivity (Wildman–Crippen MR) is 81.6 cm³/mol. The third-order valence-electron chi connectivity index (χ3n) is 4.03. The number of nitrogens with one attached hydrogen (secondary N) is 1. The van der Waals surface area contributed by atoms with Crippen molar-refractivity contribution in [3.8, 4) is 11.8 Å². The third-order valence-corrected chi connectivity index (χ3v) is 4.03. The number of benzene rings is 1. The molecule has 25 heavy (non-hydrogen) atoms. The van der Waals surface area contributed by atoms with Crippen molar-refractivity contribution in [1.82, 2.24) is 10.2 Å². The zero-order chi connectivity index (χ0) is 18.2. The van der Waals surface area contributed by atoms with Crippen LogP contribution in [0.4, 0.5) is 13.2 Å². The van der Waals surface area contributed by atoms with E-state index in [-0.39, 0.29) is 16.8 Å². The van der Waals surface area contributed by atoms with Crippen LogP contribution in [0, 0.1) is 11.3 Å². The molecule has 0 bridgehead atoms. The maximum atomic E-state index is 14.2. The molecule has 0 saturated carbocycles. The Labute approximate surface area is 141 Å². The molecule has 2 aliphatic heterocycles. The second-order valence-electron chi connectivity index (χ2n) is 5.33. The van der Waals surface area contributed by atoms with Crippen LogP contribution in [0.3, 0.4) is 0 Å². The molecule has 3 rings (SSSR count). The zero-order valence-corrected chi connectivity index (χ0v) is 13.0. The molecule has 8 heteroatoms. The average molecular weight is 347 g/mol. The first-order valence-corrected chi connectivity index (χ1v) is 7.17. The molecule has 2 heterocycles. The number of fused-ring (bicyclic) bond motifs is 1. The Kier molecular flexibility index (Phi) is 3.80. The Morgan fingerprint density at radius 1 is 1.24 bits per heavy atom. The van der Waals surface area contributed by atoms with Crippen molar-refractivity contribution in [3.63, 3.8) is 0 Å². The summed E-state index contributed by atoms with van der Waals surface area (Å²) >= 11 is 0. The molecule has 0 spiro atoms. The van der Waals surface area contributed by atoms with Gasteiger partial charge in [-0.3, -0.25) is 4.79 Å². The van der Waals surface area contributed by atoms with E-state index >= 15 is 0 Å². The van der Waals surface area contributed by atoms with Gasteiger partial charge in [-0.05, 0) is 24.3 Å². The number of methoxy groups -OCH3 is 1. The molecule has 0 aromatic heterocycles. The molecule has 1 N–H and O–H groups in total. The first-order valence-electron chi connectivity index (χ1n) is 7.17. The molecule has 1 aromatic carbocycles. The van der Waals surface area contributed by atoms with E-state index in [0.29, 0.717) is 5.75 Å². The van der Waals surface area contributed by atoms with E-state index in [4.69, 9.17) is 10.00 Å². The second kappa shape index (κ2) is 5.70. The lowest BCUT2D eigenvalue weighted by Crippen LogP contribution is -2.67. The van der Waals surface area contributed by atoms with Gasteiger partial charge >= 0.3 is 6.18 Å². The number of allylic oxidation sites excluding steroid dienone is 3. The van der Waals surface area contributed by atoms with Gasteiger partial charge in [-0.1, -0.05) is 18.2 Å². The number of ether oxygens (including phenoxy) is 1. The maximum Gasteiger partial charge on any atom is 0.435 e. The Morgan fingerprint density at radius 3 is 2.48 bits per heavy atom. The second-order valence-corrected chi connectivity index (χ2v) is 5.33. The van der Waals surface area contributed by atoms with Crippen LogP contribution in [0.5, 0.6) is 5.75 Å². The van der Waals surface area contributed by atoms with E-state index in [1.54, 1.807) is 6.07 Å². The number of rotatable bonds is 2. The molecule has 2 aliphatic rings. The SMILES string of the molecule is COc1ccc([C@@]2(C(F)(F)F)NC(=O)C(C#N)=C3C=CC=CN32)cc1. The van der Waals surface area contributed by atoms with Crippen molar-refractivity contribution in [2.45, 2.75) is 11.8 Å². The summed E-state index contributed by atoms with van der Waals surface area (Å²) in [5.74, 6) is -0.701. The molecule has 128 valence electrons. The van der Waals surface area contributed by atoms with Crippen molar-refractivity contribution in [2.75, 3.05) is 7.11 Å². The third kappa shape index (κ3) is 2.36. The van der Waals surface area contributed by atoms with Crippen molar-refractivity contribution >= 4 is 5.91 Å². The summed E-state index contributed by atoms with van der Waals surface area (Å²) in [6.07, 6.45) is 0.501. The van der Waals surface area contributed by atoms with E-state index in [9.17, 15) is 18.0 Å². The molecule has 1 aromatic rings. The van der Waals surface area contributed by atoms with Gasteiger partial charge in [0.25, 0.3) is 5.91 Å². The fourth-order valence-electron chi connectivity index (χ4n) is 2.87. The van der Waals surface area contributed by atoms with Gasteiger partial charge in [0.05, 0.1) is 12.8 Å². The number of nitriles is 1. The summed E-state index contributed by atoms with van der Waals surface area (Å²) in [4.78, 5) is 13.1. The number of carbonyl (C=O) groups is 1. The lowest BCUT2D eigenvalue weighted by atomic mass is 9.90. The van der Waals surface area contributed by atoms with Gasteiger partial charge in [-0.15, -0.1) is 0 Å². The predicted octanol–water partition coefficient (Wildman–Crippen LogP) is 2.70. The van der Waals surface area contributed by atoms with Crippen LogP contribution in [0.1, 0.15) is 5.56 Å². The Bertz CT molecular complexity index is 847. The van der Waals surface area contributed by atoms with Crippen molar-refractivity contribution in [2.24, 2.45) is 0 Å². The summed E-state index contributed by atoms with van der Waals surface area (Å²) in [6, 6.07) is 6.88. The molecule has 0 fully saturated rings.